The minimum absolute atomic E-state index is 0.254. The van der Waals surface area contributed by atoms with Crippen molar-refractivity contribution >= 4 is 29.0 Å². The average molecular weight is 414 g/mol. The SMILES string of the molecule is CC/C(=N\Oc1ccncc1Cl)c1ccc(NC(=O)c2cncc(CF)c2)nc1. The Balaban J connectivity index is 1.70. The minimum atomic E-state index is -0.688. The van der Waals surface area contributed by atoms with E-state index < -0.39 is 12.6 Å². The van der Waals surface area contributed by atoms with Gasteiger partial charge in [0.1, 0.15) is 17.5 Å². The number of hydrogen-bond acceptors (Lipinski definition) is 6. The number of alkyl halides is 1. The Bertz CT molecular complexity index is 1030. The number of oxime groups is 1. The molecule has 0 radical (unpaired) electrons. The highest BCUT2D eigenvalue weighted by Crippen LogP contribution is 2.22. The van der Waals surface area contributed by atoms with Crippen LogP contribution in [0.2, 0.25) is 5.02 Å². The van der Waals surface area contributed by atoms with Crippen LogP contribution in [0.25, 0.3) is 0 Å². The summed E-state index contributed by atoms with van der Waals surface area (Å²) in [6.45, 7) is 1.24. The van der Waals surface area contributed by atoms with E-state index in [4.69, 9.17) is 16.4 Å². The number of pyridine rings is 3. The lowest BCUT2D eigenvalue weighted by atomic mass is 10.1. The summed E-state index contributed by atoms with van der Waals surface area (Å²) >= 11 is 6.00. The van der Waals surface area contributed by atoms with Crippen LogP contribution < -0.4 is 10.2 Å². The van der Waals surface area contributed by atoms with Gasteiger partial charge in [-0.1, -0.05) is 23.7 Å². The predicted molar refractivity (Wildman–Crippen MR) is 108 cm³/mol. The summed E-state index contributed by atoms with van der Waals surface area (Å²) in [6, 6.07) is 6.46. The van der Waals surface area contributed by atoms with Crippen LogP contribution in [-0.4, -0.2) is 26.6 Å². The first kappa shape index (κ1) is 20.3. The number of aromatic nitrogens is 3. The lowest BCUT2D eigenvalue weighted by Crippen LogP contribution is -2.14. The van der Waals surface area contributed by atoms with Gasteiger partial charge < -0.3 is 10.2 Å². The van der Waals surface area contributed by atoms with E-state index in [2.05, 4.69) is 25.4 Å². The van der Waals surface area contributed by atoms with E-state index in [0.29, 0.717) is 34.3 Å². The van der Waals surface area contributed by atoms with E-state index in [-0.39, 0.29) is 5.56 Å². The number of nitrogens with zero attached hydrogens (tertiary/aromatic N) is 4. The number of nitrogens with one attached hydrogen (secondary N) is 1. The number of carbonyl (C=O) groups excluding carboxylic acids is 1. The highest BCUT2D eigenvalue weighted by atomic mass is 35.5. The summed E-state index contributed by atoms with van der Waals surface area (Å²) < 4.78 is 12.7. The highest BCUT2D eigenvalue weighted by molar-refractivity contribution is 6.31. The molecule has 3 aromatic heterocycles. The molecule has 3 rings (SSSR count). The predicted octanol–water partition coefficient (Wildman–Crippen LogP) is 4.44. The van der Waals surface area contributed by atoms with E-state index in [9.17, 15) is 9.18 Å². The summed E-state index contributed by atoms with van der Waals surface area (Å²) in [5.74, 6) is 0.319. The Morgan fingerprint density at radius 1 is 1.17 bits per heavy atom. The number of carbonyl (C=O) groups is 1. The van der Waals surface area contributed by atoms with Gasteiger partial charge in [0.05, 0.1) is 11.3 Å². The Labute approximate surface area is 171 Å². The molecule has 0 spiro atoms. The first-order valence-electron chi connectivity index (χ1n) is 8.71. The second kappa shape index (κ2) is 9.70. The van der Waals surface area contributed by atoms with Crippen LogP contribution in [0.5, 0.6) is 5.75 Å². The van der Waals surface area contributed by atoms with Crippen molar-refractivity contribution in [3.05, 3.63) is 77.0 Å². The molecular weight excluding hydrogens is 397 g/mol. The van der Waals surface area contributed by atoms with Crippen molar-refractivity contribution < 1.29 is 14.0 Å². The first-order valence-corrected chi connectivity index (χ1v) is 9.09. The van der Waals surface area contributed by atoms with Crippen molar-refractivity contribution in [2.75, 3.05) is 5.32 Å². The number of amides is 1. The van der Waals surface area contributed by atoms with Crippen LogP contribution in [-0.2, 0) is 6.67 Å². The summed E-state index contributed by atoms with van der Waals surface area (Å²) in [5, 5.41) is 7.14. The van der Waals surface area contributed by atoms with Gasteiger partial charge in [0.25, 0.3) is 5.91 Å². The van der Waals surface area contributed by atoms with Crippen molar-refractivity contribution in [1.82, 2.24) is 15.0 Å². The smallest absolute Gasteiger partial charge is 0.258 e. The molecule has 148 valence electrons. The molecule has 0 saturated carbocycles. The van der Waals surface area contributed by atoms with Gasteiger partial charge in [-0.05, 0) is 24.6 Å². The number of rotatable bonds is 7. The van der Waals surface area contributed by atoms with Gasteiger partial charge in [0.15, 0.2) is 5.75 Å². The molecule has 0 aliphatic carbocycles. The Kier molecular flexibility index (Phi) is 6.80. The molecule has 3 aromatic rings. The maximum Gasteiger partial charge on any atom is 0.258 e. The van der Waals surface area contributed by atoms with E-state index in [1.54, 1.807) is 30.6 Å². The van der Waals surface area contributed by atoms with Crippen LogP contribution in [0.15, 0.2) is 60.4 Å². The molecule has 0 atom stereocenters. The van der Waals surface area contributed by atoms with Crippen LogP contribution in [0.1, 0.15) is 34.8 Å². The van der Waals surface area contributed by atoms with E-state index in [1.807, 2.05) is 6.92 Å². The van der Waals surface area contributed by atoms with Crippen LogP contribution in [0, 0.1) is 0 Å². The van der Waals surface area contributed by atoms with Gasteiger partial charge >= 0.3 is 0 Å². The van der Waals surface area contributed by atoms with Gasteiger partial charge in [-0.25, -0.2) is 9.37 Å². The fourth-order valence-corrected chi connectivity index (χ4v) is 2.53. The number of hydrogen-bond donors (Lipinski definition) is 1. The maximum atomic E-state index is 12.7. The molecule has 9 heteroatoms. The fourth-order valence-electron chi connectivity index (χ4n) is 2.37. The lowest BCUT2D eigenvalue weighted by Gasteiger charge is -2.08. The summed E-state index contributed by atoms with van der Waals surface area (Å²) in [7, 11) is 0. The average Bonchev–Trinajstić information content (AvgIpc) is 2.76. The van der Waals surface area contributed by atoms with Crippen molar-refractivity contribution in [3.8, 4) is 5.75 Å². The topological polar surface area (TPSA) is 89.4 Å². The van der Waals surface area contributed by atoms with Gasteiger partial charge in [-0.3, -0.25) is 14.8 Å². The van der Waals surface area contributed by atoms with Gasteiger partial charge in [-0.15, -0.1) is 0 Å². The van der Waals surface area contributed by atoms with Crippen molar-refractivity contribution in [2.24, 2.45) is 5.16 Å². The third-order valence-electron chi connectivity index (χ3n) is 3.87. The molecule has 1 N–H and O–H groups in total. The zero-order chi connectivity index (χ0) is 20.6. The first-order chi connectivity index (χ1) is 14.1. The molecule has 0 unspecified atom stereocenters. The monoisotopic (exact) mass is 413 g/mol. The van der Waals surface area contributed by atoms with Crippen molar-refractivity contribution in [1.29, 1.82) is 0 Å². The molecule has 0 aliphatic rings. The van der Waals surface area contributed by atoms with Crippen LogP contribution in [0.3, 0.4) is 0 Å². The summed E-state index contributed by atoms with van der Waals surface area (Å²) in [4.78, 5) is 29.6. The number of anilines is 1. The zero-order valence-electron chi connectivity index (χ0n) is 15.5. The maximum absolute atomic E-state index is 12.7. The van der Waals surface area contributed by atoms with Crippen LogP contribution >= 0.6 is 11.6 Å². The lowest BCUT2D eigenvalue weighted by molar-refractivity contribution is 0.102. The third-order valence-corrected chi connectivity index (χ3v) is 4.16. The van der Waals surface area contributed by atoms with E-state index in [1.165, 1.54) is 24.7 Å². The third kappa shape index (κ3) is 5.32. The molecule has 1 amide bonds. The molecule has 29 heavy (non-hydrogen) atoms. The Morgan fingerprint density at radius 3 is 2.72 bits per heavy atom. The van der Waals surface area contributed by atoms with Crippen LogP contribution in [0.4, 0.5) is 10.2 Å². The quantitative estimate of drug-likeness (QED) is 0.457. The van der Waals surface area contributed by atoms with E-state index in [0.717, 1.165) is 5.56 Å². The van der Waals surface area contributed by atoms with Gasteiger partial charge in [-0.2, -0.15) is 0 Å². The molecular formula is C20H17ClFN5O2. The second-order valence-electron chi connectivity index (χ2n) is 5.89. The molecule has 0 aliphatic heterocycles. The van der Waals surface area contributed by atoms with E-state index >= 15 is 0 Å². The molecule has 3 heterocycles. The largest absolute Gasteiger partial charge is 0.355 e. The molecule has 0 aromatic carbocycles. The standard InChI is InChI=1S/C20H17ClFN5O2/c1-2-17(27-29-18-5-6-23-12-16(18)21)14-3-4-19(25-11-14)26-20(28)15-7-13(8-22)9-24-10-15/h3-7,9-12H,2,8H2,1H3,(H,25,26,28)/b27-17+. The molecule has 0 saturated heterocycles. The summed E-state index contributed by atoms with van der Waals surface area (Å²) in [6.07, 6.45) is 7.93. The minimum Gasteiger partial charge on any atom is -0.355 e. The molecule has 7 nitrogen and oxygen atoms in total. The molecule has 0 bridgehead atoms. The molecule has 0 fully saturated rings. The van der Waals surface area contributed by atoms with Crippen molar-refractivity contribution in [2.45, 2.75) is 20.0 Å². The number of halogens is 2. The highest BCUT2D eigenvalue weighted by Gasteiger charge is 2.10. The van der Waals surface area contributed by atoms with Crippen molar-refractivity contribution in [3.63, 3.8) is 0 Å². The van der Waals surface area contributed by atoms with Gasteiger partial charge in [0.2, 0.25) is 0 Å². The zero-order valence-corrected chi connectivity index (χ0v) is 16.2. The Morgan fingerprint density at radius 2 is 2.03 bits per heavy atom. The normalized spacial score (nSPS) is 11.2. The fraction of sp³-hybridized carbons (Fsp3) is 0.150. The summed E-state index contributed by atoms with van der Waals surface area (Å²) in [5.41, 5.74) is 1.98. The van der Waals surface area contributed by atoms with Gasteiger partial charge in [0, 0.05) is 48.2 Å². The second-order valence-corrected chi connectivity index (χ2v) is 6.30. The Hall–Kier alpha value is -3.39.